The average Bonchev–Trinajstić information content (AvgIpc) is 3.08. The number of hydrogen-bond donors (Lipinski definition) is 1. The van der Waals surface area contributed by atoms with Crippen LogP contribution in [0.1, 0.15) is 31.0 Å². The number of ether oxygens (including phenoxy) is 1. The molecule has 1 aromatic heterocycles. The molecule has 0 spiro atoms. The predicted octanol–water partition coefficient (Wildman–Crippen LogP) is 4.88. The van der Waals surface area contributed by atoms with Gasteiger partial charge in [-0.3, -0.25) is 19.5 Å². The Labute approximate surface area is 191 Å². The molecule has 2 aromatic carbocycles. The molecular formula is C26H23FN2O4. The van der Waals surface area contributed by atoms with E-state index in [0.29, 0.717) is 29.4 Å². The van der Waals surface area contributed by atoms with Crippen molar-refractivity contribution in [2.75, 3.05) is 11.5 Å². The Bertz CT molecular complexity index is 1220. The van der Waals surface area contributed by atoms with Gasteiger partial charge in [0.15, 0.2) is 0 Å². The Balaban J connectivity index is 1.85. The van der Waals surface area contributed by atoms with Gasteiger partial charge in [-0.25, -0.2) is 4.39 Å². The maximum absolute atomic E-state index is 14.0. The average molecular weight is 446 g/mol. The van der Waals surface area contributed by atoms with Gasteiger partial charge in [0.2, 0.25) is 0 Å². The van der Waals surface area contributed by atoms with Gasteiger partial charge in [-0.15, -0.1) is 0 Å². The first kappa shape index (κ1) is 22.2. The zero-order valence-electron chi connectivity index (χ0n) is 18.2. The smallest absolute Gasteiger partial charge is 0.300 e. The van der Waals surface area contributed by atoms with Crippen molar-refractivity contribution in [2.24, 2.45) is 5.92 Å². The Hall–Kier alpha value is -4.00. The van der Waals surface area contributed by atoms with E-state index in [1.165, 1.54) is 35.5 Å². The lowest BCUT2D eigenvalue weighted by Crippen LogP contribution is -2.29. The van der Waals surface area contributed by atoms with E-state index in [0.717, 1.165) is 0 Å². The van der Waals surface area contributed by atoms with Crippen molar-refractivity contribution >= 4 is 23.1 Å². The molecule has 3 aromatic rings. The molecule has 1 N–H and O–H groups in total. The molecule has 0 radical (unpaired) electrons. The molecule has 7 heteroatoms. The minimum Gasteiger partial charge on any atom is -0.507 e. The number of rotatable bonds is 6. The van der Waals surface area contributed by atoms with E-state index in [9.17, 15) is 19.1 Å². The summed E-state index contributed by atoms with van der Waals surface area (Å²) in [5, 5.41) is 11.2. The van der Waals surface area contributed by atoms with Gasteiger partial charge >= 0.3 is 0 Å². The van der Waals surface area contributed by atoms with Crippen molar-refractivity contribution in [1.29, 1.82) is 0 Å². The first-order valence-electron chi connectivity index (χ1n) is 10.6. The number of benzene rings is 2. The fourth-order valence-electron chi connectivity index (χ4n) is 3.74. The van der Waals surface area contributed by atoms with Crippen LogP contribution in [0.3, 0.4) is 0 Å². The standard InChI is InChI=1S/C26H23FN2O4/c1-16(2)15-33-21-8-3-5-18(13-21)24(30)22-23(17-9-11-28-12-10-17)29(26(32)25(22)31)20-7-4-6-19(27)14-20/h3-14,16,23,30H,15H2,1-2H3/b24-22+. The molecule has 2 heterocycles. The lowest BCUT2D eigenvalue weighted by atomic mass is 9.95. The highest BCUT2D eigenvalue weighted by Crippen LogP contribution is 2.42. The third-order valence-corrected chi connectivity index (χ3v) is 5.24. The summed E-state index contributed by atoms with van der Waals surface area (Å²) < 4.78 is 19.7. The van der Waals surface area contributed by atoms with Crippen LogP contribution in [0.4, 0.5) is 10.1 Å². The number of halogens is 1. The van der Waals surface area contributed by atoms with E-state index >= 15 is 0 Å². The molecule has 0 saturated carbocycles. The summed E-state index contributed by atoms with van der Waals surface area (Å²) in [6, 6.07) is 14.5. The van der Waals surface area contributed by atoms with Gasteiger partial charge < -0.3 is 9.84 Å². The number of aromatic nitrogens is 1. The molecule has 1 aliphatic heterocycles. The Kier molecular flexibility index (Phi) is 6.22. The van der Waals surface area contributed by atoms with Crippen molar-refractivity contribution in [2.45, 2.75) is 19.9 Å². The molecule has 0 aliphatic carbocycles. The minimum absolute atomic E-state index is 0.0866. The number of nitrogens with zero attached hydrogens (tertiary/aromatic N) is 2. The van der Waals surface area contributed by atoms with Crippen molar-refractivity contribution in [1.82, 2.24) is 4.98 Å². The van der Waals surface area contributed by atoms with Gasteiger partial charge in [0.1, 0.15) is 17.3 Å². The Morgan fingerprint density at radius 3 is 2.52 bits per heavy atom. The summed E-state index contributed by atoms with van der Waals surface area (Å²) in [6.45, 7) is 4.53. The van der Waals surface area contributed by atoms with E-state index in [4.69, 9.17) is 4.74 Å². The zero-order valence-corrected chi connectivity index (χ0v) is 18.2. The fraction of sp³-hybridized carbons (Fsp3) is 0.192. The molecule has 33 heavy (non-hydrogen) atoms. The quantitative estimate of drug-likeness (QED) is 0.332. The van der Waals surface area contributed by atoms with Gasteiger partial charge in [0.25, 0.3) is 11.7 Å². The van der Waals surface area contributed by atoms with Crippen LogP contribution < -0.4 is 9.64 Å². The monoisotopic (exact) mass is 446 g/mol. The predicted molar refractivity (Wildman–Crippen MR) is 122 cm³/mol. The largest absolute Gasteiger partial charge is 0.507 e. The van der Waals surface area contributed by atoms with Gasteiger partial charge in [-0.2, -0.15) is 0 Å². The van der Waals surface area contributed by atoms with Crippen LogP contribution in [0, 0.1) is 11.7 Å². The molecule has 168 valence electrons. The van der Waals surface area contributed by atoms with Crippen LogP contribution in [0.5, 0.6) is 5.75 Å². The number of anilines is 1. The highest BCUT2D eigenvalue weighted by Gasteiger charge is 2.47. The number of carbonyl (C=O) groups is 2. The minimum atomic E-state index is -0.949. The first-order valence-corrected chi connectivity index (χ1v) is 10.6. The van der Waals surface area contributed by atoms with Crippen LogP contribution >= 0.6 is 0 Å². The molecule has 1 unspecified atom stereocenters. The molecule has 1 saturated heterocycles. The SMILES string of the molecule is CC(C)COc1cccc(/C(O)=C2\C(=O)C(=O)N(c3cccc(F)c3)C2c2ccncc2)c1. The van der Waals surface area contributed by atoms with Crippen LogP contribution in [0.25, 0.3) is 5.76 Å². The summed E-state index contributed by atoms with van der Waals surface area (Å²) in [6.07, 6.45) is 3.06. The molecule has 4 rings (SSSR count). The van der Waals surface area contributed by atoms with Crippen LogP contribution in [0.2, 0.25) is 0 Å². The Morgan fingerprint density at radius 1 is 1.09 bits per heavy atom. The second kappa shape index (κ2) is 9.24. The number of Topliss-reactive ketones (excluding diaryl/α,β-unsaturated/α-hetero) is 1. The van der Waals surface area contributed by atoms with Crippen molar-refractivity contribution in [3.05, 3.63) is 95.6 Å². The van der Waals surface area contributed by atoms with Gasteiger partial charge in [0.05, 0.1) is 18.2 Å². The highest BCUT2D eigenvalue weighted by molar-refractivity contribution is 6.51. The number of carbonyl (C=O) groups excluding carboxylic acids is 2. The molecule has 1 atom stereocenters. The molecule has 1 amide bonds. The summed E-state index contributed by atoms with van der Waals surface area (Å²) in [7, 11) is 0. The van der Waals surface area contributed by atoms with Crippen LogP contribution in [-0.4, -0.2) is 28.4 Å². The fourth-order valence-corrected chi connectivity index (χ4v) is 3.74. The maximum atomic E-state index is 14.0. The van der Waals surface area contributed by atoms with E-state index in [2.05, 4.69) is 4.98 Å². The van der Waals surface area contributed by atoms with Gasteiger partial charge in [-0.05, 0) is 53.9 Å². The number of hydrogen-bond acceptors (Lipinski definition) is 5. The number of amides is 1. The van der Waals surface area contributed by atoms with Crippen LogP contribution in [0.15, 0.2) is 78.6 Å². The van der Waals surface area contributed by atoms with Crippen molar-refractivity contribution in [3.8, 4) is 5.75 Å². The third-order valence-electron chi connectivity index (χ3n) is 5.24. The zero-order chi connectivity index (χ0) is 23.5. The first-order chi connectivity index (χ1) is 15.9. The van der Waals surface area contributed by atoms with Crippen LogP contribution in [-0.2, 0) is 9.59 Å². The molecule has 1 fully saturated rings. The van der Waals surface area contributed by atoms with Crippen molar-refractivity contribution in [3.63, 3.8) is 0 Å². The number of pyridine rings is 1. The lowest BCUT2D eigenvalue weighted by molar-refractivity contribution is -0.132. The second-order valence-corrected chi connectivity index (χ2v) is 8.16. The topological polar surface area (TPSA) is 79.7 Å². The summed E-state index contributed by atoms with van der Waals surface area (Å²) in [5.41, 5.74) is 1.03. The second-order valence-electron chi connectivity index (χ2n) is 8.16. The maximum Gasteiger partial charge on any atom is 0.300 e. The van der Waals surface area contributed by atoms with E-state index in [1.54, 1.807) is 42.5 Å². The van der Waals surface area contributed by atoms with E-state index in [1.807, 2.05) is 13.8 Å². The van der Waals surface area contributed by atoms with Gasteiger partial charge in [-0.1, -0.05) is 32.0 Å². The lowest BCUT2D eigenvalue weighted by Gasteiger charge is -2.25. The summed E-state index contributed by atoms with van der Waals surface area (Å²) in [5.74, 6) is -1.73. The van der Waals surface area contributed by atoms with E-state index in [-0.39, 0.29) is 17.0 Å². The highest BCUT2D eigenvalue weighted by atomic mass is 19.1. The molecule has 0 bridgehead atoms. The third kappa shape index (κ3) is 4.48. The number of aliphatic hydroxyl groups excluding tert-OH is 1. The Morgan fingerprint density at radius 2 is 1.82 bits per heavy atom. The molecule has 1 aliphatic rings. The summed E-state index contributed by atoms with van der Waals surface area (Å²) >= 11 is 0. The summed E-state index contributed by atoms with van der Waals surface area (Å²) in [4.78, 5) is 31.4. The molecular weight excluding hydrogens is 423 g/mol. The number of aliphatic hydroxyl groups is 1. The normalized spacial score (nSPS) is 17.6. The van der Waals surface area contributed by atoms with E-state index < -0.39 is 23.5 Å². The van der Waals surface area contributed by atoms with Gasteiger partial charge in [0, 0.05) is 23.6 Å². The number of ketones is 1. The van der Waals surface area contributed by atoms with Crippen molar-refractivity contribution < 1.29 is 23.8 Å². The molecule has 6 nitrogen and oxygen atoms in total.